The van der Waals surface area contributed by atoms with Gasteiger partial charge in [-0.1, -0.05) is 98.8 Å². The van der Waals surface area contributed by atoms with Gasteiger partial charge in [0.15, 0.2) is 5.78 Å². The van der Waals surface area contributed by atoms with Crippen molar-refractivity contribution < 1.29 is 14.3 Å². The maximum absolute atomic E-state index is 14.6. The smallest absolute Gasteiger partial charge is 0.229 e. The van der Waals surface area contributed by atoms with Gasteiger partial charge < -0.3 is 14.8 Å². The molecule has 3 aromatic carbocycles. The highest BCUT2D eigenvalue weighted by molar-refractivity contribution is 5.89. The molecule has 1 aliphatic heterocycles. The van der Waals surface area contributed by atoms with Crippen LogP contribution in [0, 0.1) is 5.92 Å². The maximum atomic E-state index is 14.6. The summed E-state index contributed by atoms with van der Waals surface area (Å²) in [6.07, 6.45) is 2.62. The third-order valence-corrected chi connectivity index (χ3v) is 10.4. The van der Waals surface area contributed by atoms with Gasteiger partial charge in [-0.15, -0.1) is 0 Å². The van der Waals surface area contributed by atoms with Crippen LogP contribution in [0.3, 0.4) is 0 Å². The van der Waals surface area contributed by atoms with Gasteiger partial charge in [-0.3, -0.25) is 4.79 Å². The average molecular weight is 538 g/mol. The van der Waals surface area contributed by atoms with E-state index in [4.69, 9.17) is 9.47 Å². The Morgan fingerprint density at radius 2 is 1.32 bits per heavy atom. The number of hydrogen-bond acceptors (Lipinski definition) is 4. The number of benzene rings is 3. The second-order valence-electron chi connectivity index (χ2n) is 12.5. The number of carbonyl (C=O) groups is 1. The molecule has 2 aliphatic carbocycles. The Hall–Kier alpha value is -2.79. The van der Waals surface area contributed by atoms with Gasteiger partial charge in [0.05, 0.1) is 12.2 Å². The summed E-state index contributed by atoms with van der Waals surface area (Å²) in [5.41, 5.74) is 5.02. The van der Waals surface area contributed by atoms with Gasteiger partial charge in [0.1, 0.15) is 0 Å². The van der Waals surface area contributed by atoms with Crippen LogP contribution in [-0.2, 0) is 26.1 Å². The standard InChI is InChI=1S/C36H43NO3/c1-24(28-13-7-5-8-14-28)26(3)39-36(40-27(4)25(2)29-15-9-6-10-16-29)22-32-33-21-30-17-11-12-18-31(30)35(32,19-20-37-33)23-34(36)38/h5-18,24-27,32-33,37H,19-23H2,1-4H3/t24?,25?,26?,27?,32-,33+,35+,36?/m0/s1. The molecular formula is C36H43NO3. The van der Waals surface area contributed by atoms with E-state index >= 15 is 0 Å². The Morgan fingerprint density at radius 3 is 1.93 bits per heavy atom. The van der Waals surface area contributed by atoms with Crippen LogP contribution >= 0.6 is 0 Å². The molecule has 4 nitrogen and oxygen atoms in total. The summed E-state index contributed by atoms with van der Waals surface area (Å²) in [5, 5.41) is 3.82. The summed E-state index contributed by atoms with van der Waals surface area (Å²) < 4.78 is 13.9. The van der Waals surface area contributed by atoms with Gasteiger partial charge in [0.25, 0.3) is 0 Å². The molecule has 0 amide bonds. The molecule has 2 fully saturated rings. The van der Waals surface area contributed by atoms with E-state index in [0.29, 0.717) is 18.9 Å². The van der Waals surface area contributed by atoms with Crippen LogP contribution in [0.25, 0.3) is 0 Å². The van der Waals surface area contributed by atoms with Crippen molar-refractivity contribution in [3.05, 3.63) is 107 Å². The van der Waals surface area contributed by atoms with Crippen LogP contribution in [-0.4, -0.2) is 36.4 Å². The summed E-state index contributed by atoms with van der Waals surface area (Å²) in [7, 11) is 0. The Kier molecular flexibility index (Phi) is 7.45. The average Bonchev–Trinajstić information content (AvgIpc) is 2.97. The number of ketones is 1. The molecule has 1 saturated carbocycles. The van der Waals surface area contributed by atoms with Crippen LogP contribution in [0.4, 0.5) is 0 Å². The molecule has 0 spiro atoms. The van der Waals surface area contributed by atoms with Crippen LogP contribution in [0.5, 0.6) is 0 Å². The molecule has 2 bridgehead atoms. The molecule has 4 heteroatoms. The number of ether oxygens (including phenoxy) is 2. The van der Waals surface area contributed by atoms with Crippen molar-refractivity contribution in [3.63, 3.8) is 0 Å². The van der Waals surface area contributed by atoms with Gasteiger partial charge in [-0.25, -0.2) is 0 Å². The lowest BCUT2D eigenvalue weighted by molar-refractivity contribution is -0.282. The second-order valence-corrected chi connectivity index (χ2v) is 12.5. The summed E-state index contributed by atoms with van der Waals surface area (Å²) in [5.74, 6) is -0.663. The van der Waals surface area contributed by atoms with Gasteiger partial charge in [0.2, 0.25) is 5.79 Å². The highest BCUT2D eigenvalue weighted by Crippen LogP contribution is 2.56. The number of hydrogen-bond donors (Lipinski definition) is 1. The summed E-state index contributed by atoms with van der Waals surface area (Å²) in [6, 6.07) is 30.0. The van der Waals surface area contributed by atoms with Gasteiger partial charge in [0, 0.05) is 36.1 Å². The lowest BCUT2D eigenvalue weighted by Crippen LogP contribution is -2.67. The van der Waals surface area contributed by atoms with Crippen LogP contribution in [0.1, 0.15) is 81.0 Å². The molecule has 3 aromatic rings. The number of piperidine rings is 1. The zero-order valence-corrected chi connectivity index (χ0v) is 24.3. The van der Waals surface area contributed by atoms with E-state index in [-0.39, 0.29) is 41.2 Å². The normalized spacial score (nSPS) is 30.4. The number of rotatable bonds is 8. The van der Waals surface area contributed by atoms with Crippen molar-refractivity contribution in [3.8, 4) is 0 Å². The monoisotopic (exact) mass is 537 g/mol. The molecule has 0 aromatic heterocycles. The third-order valence-electron chi connectivity index (χ3n) is 10.4. The lowest BCUT2D eigenvalue weighted by Gasteiger charge is -2.59. The van der Waals surface area contributed by atoms with Crippen LogP contribution < -0.4 is 5.32 Å². The topological polar surface area (TPSA) is 47.6 Å². The van der Waals surface area contributed by atoms with Crippen molar-refractivity contribution in [2.45, 2.75) is 94.7 Å². The van der Waals surface area contributed by atoms with E-state index in [1.165, 1.54) is 22.3 Å². The van der Waals surface area contributed by atoms with Crippen molar-refractivity contribution >= 4 is 5.78 Å². The van der Waals surface area contributed by atoms with E-state index in [9.17, 15) is 4.79 Å². The first-order chi connectivity index (χ1) is 19.3. The van der Waals surface area contributed by atoms with E-state index in [2.05, 4.69) is 106 Å². The fourth-order valence-corrected chi connectivity index (χ4v) is 7.76. The maximum Gasteiger partial charge on any atom is 0.229 e. The molecule has 4 unspecified atom stereocenters. The first-order valence-corrected chi connectivity index (χ1v) is 15.1. The largest absolute Gasteiger partial charge is 0.340 e. The van der Waals surface area contributed by atoms with Crippen LogP contribution in [0.2, 0.25) is 0 Å². The molecule has 1 heterocycles. The minimum absolute atomic E-state index is 0.0975. The predicted molar refractivity (Wildman–Crippen MR) is 160 cm³/mol. The summed E-state index contributed by atoms with van der Waals surface area (Å²) in [4.78, 5) is 14.6. The third kappa shape index (κ3) is 4.74. The SMILES string of the molecule is CC(OC1(OC(C)C(C)c2ccccc2)C[C@H]2[C@H]3Cc4ccccc4[C@@]2(CCN3)CC1=O)C(C)c1ccccc1. The predicted octanol–water partition coefficient (Wildman–Crippen LogP) is 6.94. The number of Topliss-reactive ketones (excluding diaryl/α,β-unsaturated/α-hetero) is 1. The molecule has 7 atom stereocenters. The van der Waals surface area contributed by atoms with Gasteiger partial charge in [-0.05, 0) is 61.4 Å². The summed E-state index contributed by atoms with van der Waals surface area (Å²) in [6.45, 7) is 9.51. The minimum Gasteiger partial charge on any atom is -0.340 e. The zero-order valence-electron chi connectivity index (χ0n) is 24.3. The van der Waals surface area contributed by atoms with Crippen molar-refractivity contribution in [2.24, 2.45) is 5.92 Å². The lowest BCUT2D eigenvalue weighted by atomic mass is 9.51. The van der Waals surface area contributed by atoms with E-state index < -0.39 is 5.79 Å². The highest BCUT2D eigenvalue weighted by Gasteiger charge is 2.62. The zero-order chi connectivity index (χ0) is 27.9. The molecular weight excluding hydrogens is 494 g/mol. The highest BCUT2D eigenvalue weighted by atomic mass is 16.7. The number of fused-ring (bicyclic) bond motifs is 1. The quantitative estimate of drug-likeness (QED) is 0.316. The first-order valence-electron chi connectivity index (χ1n) is 15.1. The van der Waals surface area contributed by atoms with E-state index in [1.54, 1.807) is 0 Å². The van der Waals surface area contributed by atoms with Gasteiger partial charge in [-0.2, -0.15) is 0 Å². The molecule has 210 valence electrons. The fraction of sp³-hybridized carbons (Fsp3) is 0.472. The van der Waals surface area contributed by atoms with E-state index in [1.807, 2.05) is 12.1 Å². The second kappa shape index (κ2) is 10.9. The van der Waals surface area contributed by atoms with Crippen LogP contribution in [0.15, 0.2) is 84.9 Å². The Morgan fingerprint density at radius 1 is 0.775 bits per heavy atom. The van der Waals surface area contributed by atoms with Crippen molar-refractivity contribution in [1.82, 2.24) is 5.32 Å². The Balaban J connectivity index is 1.36. The minimum atomic E-state index is -1.28. The van der Waals surface area contributed by atoms with E-state index in [0.717, 1.165) is 19.4 Å². The summed E-state index contributed by atoms with van der Waals surface area (Å²) >= 11 is 0. The number of carbonyl (C=O) groups excluding carboxylic acids is 1. The molecule has 3 aliphatic rings. The Bertz CT molecular complexity index is 1270. The molecule has 1 saturated heterocycles. The molecule has 0 radical (unpaired) electrons. The molecule has 1 N–H and O–H groups in total. The van der Waals surface area contributed by atoms with Crippen molar-refractivity contribution in [2.75, 3.05) is 6.54 Å². The Labute approximate surface area is 239 Å². The van der Waals surface area contributed by atoms with Gasteiger partial charge >= 0.3 is 0 Å². The van der Waals surface area contributed by atoms with Crippen molar-refractivity contribution in [1.29, 1.82) is 0 Å². The number of nitrogens with one attached hydrogen (secondary N) is 1. The fourth-order valence-electron chi connectivity index (χ4n) is 7.76. The first kappa shape index (κ1) is 27.4. The molecule has 40 heavy (non-hydrogen) atoms. The molecule has 6 rings (SSSR count).